The van der Waals surface area contributed by atoms with E-state index in [4.69, 9.17) is 27.9 Å². The van der Waals surface area contributed by atoms with Crippen LogP contribution >= 0.6 is 23.2 Å². The number of aromatic amines is 1. The van der Waals surface area contributed by atoms with Gasteiger partial charge in [-0.2, -0.15) is 0 Å². The lowest BCUT2D eigenvalue weighted by Gasteiger charge is -2.36. The largest absolute Gasteiger partial charge is 0.497 e. The molecule has 0 saturated carbocycles. The standard InChI is InChI=1S/C25H21Cl2N3O2/c1-32-17-9-6-15(7-10-17)24-23-18(19-14-16(26)8-11-21(19)28-23)12-13-30(24)25(31)29-22-5-3-2-4-20(22)27/h2-11,14,24,28H,12-13H2,1H3,(H,29,31)/t24-/m1/s1. The number of fused-ring (bicyclic) bond motifs is 3. The summed E-state index contributed by atoms with van der Waals surface area (Å²) in [6, 6.07) is 20.4. The number of aromatic nitrogens is 1. The molecule has 1 aromatic heterocycles. The van der Waals surface area contributed by atoms with Gasteiger partial charge in [0.05, 0.1) is 23.9 Å². The van der Waals surface area contributed by atoms with Gasteiger partial charge in [0, 0.05) is 28.2 Å². The fraction of sp³-hybridized carbons (Fsp3) is 0.160. The Morgan fingerprint density at radius 2 is 1.88 bits per heavy atom. The molecule has 0 saturated heterocycles. The Morgan fingerprint density at radius 1 is 1.09 bits per heavy atom. The highest BCUT2D eigenvalue weighted by atomic mass is 35.5. The van der Waals surface area contributed by atoms with Crippen LogP contribution in [0.25, 0.3) is 10.9 Å². The van der Waals surface area contributed by atoms with Gasteiger partial charge in [0.2, 0.25) is 0 Å². The monoisotopic (exact) mass is 465 g/mol. The first-order chi connectivity index (χ1) is 15.5. The van der Waals surface area contributed by atoms with E-state index in [0.717, 1.165) is 34.3 Å². The molecule has 162 valence electrons. The third kappa shape index (κ3) is 3.68. The number of hydrogen-bond donors (Lipinski definition) is 2. The first-order valence-electron chi connectivity index (χ1n) is 10.3. The van der Waals surface area contributed by atoms with Gasteiger partial charge in [0.25, 0.3) is 0 Å². The number of carbonyl (C=O) groups excluding carboxylic acids is 1. The quantitative estimate of drug-likeness (QED) is 0.355. The minimum absolute atomic E-state index is 0.207. The molecule has 1 atom stereocenters. The van der Waals surface area contributed by atoms with Crippen LogP contribution in [0.5, 0.6) is 5.75 Å². The van der Waals surface area contributed by atoms with Crippen LogP contribution in [0.15, 0.2) is 66.7 Å². The van der Waals surface area contributed by atoms with Gasteiger partial charge in [-0.3, -0.25) is 0 Å². The van der Waals surface area contributed by atoms with Gasteiger partial charge in [0.1, 0.15) is 5.75 Å². The van der Waals surface area contributed by atoms with E-state index in [0.29, 0.717) is 22.3 Å². The van der Waals surface area contributed by atoms with Crippen LogP contribution in [-0.4, -0.2) is 29.6 Å². The maximum Gasteiger partial charge on any atom is 0.322 e. The molecule has 0 radical (unpaired) electrons. The van der Waals surface area contributed by atoms with Crippen LogP contribution in [-0.2, 0) is 6.42 Å². The summed E-state index contributed by atoms with van der Waals surface area (Å²) in [7, 11) is 1.64. The number of amides is 2. The van der Waals surface area contributed by atoms with E-state index in [-0.39, 0.29) is 12.1 Å². The molecule has 0 fully saturated rings. The number of carbonyl (C=O) groups is 1. The zero-order valence-electron chi connectivity index (χ0n) is 17.4. The van der Waals surface area contributed by atoms with Gasteiger partial charge in [-0.1, -0.05) is 47.5 Å². The first-order valence-corrected chi connectivity index (χ1v) is 11.1. The summed E-state index contributed by atoms with van der Waals surface area (Å²) in [5.41, 5.74) is 4.75. The van der Waals surface area contributed by atoms with E-state index in [2.05, 4.69) is 10.3 Å². The predicted octanol–water partition coefficient (Wildman–Crippen LogP) is 6.66. The number of nitrogens with zero attached hydrogens (tertiary/aromatic N) is 1. The Balaban J connectivity index is 1.59. The number of H-pyrrole nitrogens is 1. The van der Waals surface area contributed by atoms with Crippen molar-refractivity contribution in [3.05, 3.63) is 93.6 Å². The van der Waals surface area contributed by atoms with Crippen molar-refractivity contribution in [1.82, 2.24) is 9.88 Å². The highest BCUT2D eigenvalue weighted by Gasteiger charge is 2.35. The zero-order chi connectivity index (χ0) is 22.2. The number of methoxy groups -OCH3 is 1. The van der Waals surface area contributed by atoms with Crippen molar-refractivity contribution in [2.45, 2.75) is 12.5 Å². The van der Waals surface area contributed by atoms with E-state index in [1.165, 1.54) is 5.56 Å². The summed E-state index contributed by atoms with van der Waals surface area (Å²) in [6.07, 6.45) is 0.721. The number of hydrogen-bond acceptors (Lipinski definition) is 2. The average Bonchev–Trinajstić information content (AvgIpc) is 3.18. The number of nitrogens with one attached hydrogen (secondary N) is 2. The van der Waals surface area contributed by atoms with Crippen LogP contribution in [0, 0.1) is 0 Å². The molecule has 1 aliphatic heterocycles. The van der Waals surface area contributed by atoms with Gasteiger partial charge < -0.3 is 19.9 Å². The zero-order valence-corrected chi connectivity index (χ0v) is 18.9. The molecule has 2 amide bonds. The molecule has 2 N–H and O–H groups in total. The Morgan fingerprint density at radius 3 is 2.62 bits per heavy atom. The molecule has 0 spiro atoms. The Bertz CT molecular complexity index is 1300. The van der Waals surface area contributed by atoms with Crippen LogP contribution < -0.4 is 10.1 Å². The van der Waals surface area contributed by atoms with Crippen molar-refractivity contribution in [3.8, 4) is 5.75 Å². The predicted molar refractivity (Wildman–Crippen MR) is 129 cm³/mol. The number of urea groups is 1. The molecule has 2 heterocycles. The summed E-state index contributed by atoms with van der Waals surface area (Å²) in [4.78, 5) is 18.8. The molecule has 3 aromatic carbocycles. The third-order valence-electron chi connectivity index (χ3n) is 5.90. The molecular formula is C25H21Cl2N3O2. The molecule has 0 aliphatic carbocycles. The van der Waals surface area contributed by atoms with E-state index in [9.17, 15) is 4.79 Å². The van der Waals surface area contributed by atoms with E-state index in [1.54, 1.807) is 19.2 Å². The molecule has 4 aromatic rings. The van der Waals surface area contributed by atoms with Crippen LogP contribution in [0.1, 0.15) is 22.9 Å². The van der Waals surface area contributed by atoms with Gasteiger partial charge in [-0.15, -0.1) is 0 Å². The number of benzene rings is 3. The van der Waals surface area contributed by atoms with Crippen molar-refractivity contribution in [1.29, 1.82) is 0 Å². The van der Waals surface area contributed by atoms with Crippen LogP contribution in [0.2, 0.25) is 10.0 Å². The van der Waals surface area contributed by atoms with Crippen molar-refractivity contribution in [2.75, 3.05) is 19.0 Å². The number of ether oxygens (including phenoxy) is 1. The first kappa shape index (κ1) is 20.7. The highest BCUT2D eigenvalue weighted by molar-refractivity contribution is 6.33. The minimum Gasteiger partial charge on any atom is -0.497 e. The third-order valence-corrected chi connectivity index (χ3v) is 6.46. The summed E-state index contributed by atoms with van der Waals surface area (Å²) < 4.78 is 5.32. The van der Waals surface area contributed by atoms with Crippen molar-refractivity contribution in [2.24, 2.45) is 0 Å². The van der Waals surface area contributed by atoms with Crippen molar-refractivity contribution < 1.29 is 9.53 Å². The summed E-state index contributed by atoms with van der Waals surface area (Å²) in [5.74, 6) is 0.764. The molecule has 0 bridgehead atoms. The fourth-order valence-electron chi connectivity index (χ4n) is 4.36. The summed E-state index contributed by atoms with van der Waals surface area (Å²) in [6.45, 7) is 0.555. The molecule has 7 heteroatoms. The second kappa shape index (κ2) is 8.41. The van der Waals surface area contributed by atoms with E-state index in [1.807, 2.05) is 59.5 Å². The number of rotatable bonds is 3. The molecular weight excluding hydrogens is 445 g/mol. The Hall–Kier alpha value is -3.15. The number of halogens is 2. The van der Waals surface area contributed by atoms with Gasteiger partial charge in [-0.05, 0) is 60.0 Å². The summed E-state index contributed by atoms with van der Waals surface area (Å²) in [5, 5.41) is 5.26. The SMILES string of the molecule is COc1ccc([C@@H]2c3[nH]c4ccc(Cl)cc4c3CCN2C(=O)Nc2ccccc2Cl)cc1. The molecule has 5 rings (SSSR count). The topological polar surface area (TPSA) is 57.4 Å². The highest BCUT2D eigenvalue weighted by Crippen LogP contribution is 2.40. The molecule has 1 aliphatic rings. The van der Waals surface area contributed by atoms with Gasteiger partial charge in [-0.25, -0.2) is 4.79 Å². The molecule has 0 unspecified atom stereocenters. The van der Waals surface area contributed by atoms with Crippen LogP contribution in [0.4, 0.5) is 10.5 Å². The van der Waals surface area contributed by atoms with Crippen LogP contribution in [0.3, 0.4) is 0 Å². The van der Waals surface area contributed by atoms with Gasteiger partial charge >= 0.3 is 6.03 Å². The maximum absolute atomic E-state index is 13.4. The average molecular weight is 466 g/mol. The smallest absolute Gasteiger partial charge is 0.322 e. The lowest BCUT2D eigenvalue weighted by Crippen LogP contribution is -2.43. The lowest BCUT2D eigenvalue weighted by atomic mass is 9.92. The second-order valence-electron chi connectivity index (χ2n) is 7.74. The summed E-state index contributed by atoms with van der Waals surface area (Å²) >= 11 is 12.6. The maximum atomic E-state index is 13.4. The van der Waals surface area contributed by atoms with E-state index >= 15 is 0 Å². The Kier molecular flexibility index (Phi) is 5.45. The van der Waals surface area contributed by atoms with Crippen molar-refractivity contribution in [3.63, 3.8) is 0 Å². The Labute approximate surface area is 195 Å². The van der Waals surface area contributed by atoms with Gasteiger partial charge in [0.15, 0.2) is 0 Å². The van der Waals surface area contributed by atoms with E-state index < -0.39 is 0 Å². The lowest BCUT2D eigenvalue weighted by molar-refractivity contribution is 0.193. The minimum atomic E-state index is -0.293. The second-order valence-corrected chi connectivity index (χ2v) is 8.58. The normalized spacial score (nSPS) is 15.5. The fourth-order valence-corrected chi connectivity index (χ4v) is 4.72. The number of para-hydroxylation sites is 1. The molecule has 5 nitrogen and oxygen atoms in total. The molecule has 32 heavy (non-hydrogen) atoms. The number of anilines is 1. The van der Waals surface area contributed by atoms with Crippen molar-refractivity contribution >= 4 is 45.8 Å².